The minimum absolute atomic E-state index is 0.0573. The second-order valence-corrected chi connectivity index (χ2v) is 8.77. The third-order valence-electron chi connectivity index (χ3n) is 4.63. The van der Waals surface area contributed by atoms with Crippen molar-refractivity contribution in [3.63, 3.8) is 0 Å². The predicted octanol–water partition coefficient (Wildman–Crippen LogP) is 3.45. The molecule has 1 aliphatic heterocycles. The second-order valence-electron chi connectivity index (χ2n) is 7.00. The van der Waals surface area contributed by atoms with E-state index in [0.717, 1.165) is 29.5 Å². The van der Waals surface area contributed by atoms with Gasteiger partial charge < -0.3 is 10.6 Å². The van der Waals surface area contributed by atoms with Crippen molar-refractivity contribution in [3.8, 4) is 0 Å². The number of thioether (sulfide) groups is 1. The van der Waals surface area contributed by atoms with E-state index in [0.29, 0.717) is 28.6 Å². The van der Waals surface area contributed by atoms with Gasteiger partial charge in [0.25, 0.3) is 11.1 Å². The molecule has 2 N–H and O–H groups in total. The third kappa shape index (κ3) is 6.00. The van der Waals surface area contributed by atoms with Crippen molar-refractivity contribution in [1.29, 1.82) is 0 Å². The highest BCUT2D eigenvalue weighted by Gasteiger charge is 2.34. The summed E-state index contributed by atoms with van der Waals surface area (Å²) in [5.74, 6) is -0.412. The van der Waals surface area contributed by atoms with E-state index in [1.807, 2.05) is 0 Å². The number of halogens is 2. The van der Waals surface area contributed by atoms with Gasteiger partial charge in [0, 0.05) is 32.0 Å². The van der Waals surface area contributed by atoms with Crippen LogP contribution in [-0.4, -0.2) is 47.5 Å². The number of nitrogens with zero attached hydrogens (tertiary/aromatic N) is 1. The van der Waals surface area contributed by atoms with E-state index in [1.165, 1.54) is 6.08 Å². The average molecular weight is 470 g/mol. The quantitative estimate of drug-likeness (QED) is 0.426. The minimum atomic E-state index is -0.432. The van der Waals surface area contributed by atoms with Crippen LogP contribution in [0.2, 0.25) is 10.0 Å². The Morgan fingerprint density at radius 2 is 1.93 bits per heavy atom. The van der Waals surface area contributed by atoms with Crippen molar-refractivity contribution in [2.75, 3.05) is 19.6 Å². The normalized spacial score (nSPS) is 17.5. The predicted molar refractivity (Wildman–Crippen MR) is 117 cm³/mol. The van der Waals surface area contributed by atoms with Crippen LogP contribution in [0.1, 0.15) is 31.2 Å². The summed E-state index contributed by atoms with van der Waals surface area (Å²) in [6, 6.07) is 5.05. The Kier molecular flexibility index (Phi) is 7.80. The molecule has 2 fully saturated rings. The van der Waals surface area contributed by atoms with Gasteiger partial charge in [0.05, 0.1) is 15.0 Å². The van der Waals surface area contributed by atoms with Crippen LogP contribution in [-0.2, 0) is 14.4 Å². The first-order chi connectivity index (χ1) is 14.4. The van der Waals surface area contributed by atoms with Crippen LogP contribution in [0.15, 0.2) is 23.1 Å². The molecular formula is C20H21Cl2N3O4S. The SMILES string of the molecule is O=C(CCCNC(=O)C1CC1)NCCN1C(=O)S/C(=C\c2cccc(Cl)c2Cl)C1=O. The zero-order valence-corrected chi connectivity index (χ0v) is 18.4. The van der Waals surface area contributed by atoms with E-state index in [2.05, 4.69) is 10.6 Å². The van der Waals surface area contributed by atoms with Gasteiger partial charge in [-0.15, -0.1) is 0 Å². The summed E-state index contributed by atoms with van der Waals surface area (Å²) in [7, 11) is 0. The van der Waals surface area contributed by atoms with Crippen molar-refractivity contribution in [1.82, 2.24) is 15.5 Å². The standard InChI is InChI=1S/C20H21Cl2N3O4S/c21-14-4-1-3-13(17(14)22)11-15-19(28)25(20(29)30-15)10-9-23-16(26)5-2-8-24-18(27)12-6-7-12/h1,3-4,11-12H,2,5-10H2,(H,23,26)(H,24,27)/b15-11-. The molecule has 1 saturated heterocycles. The van der Waals surface area contributed by atoms with E-state index in [1.54, 1.807) is 18.2 Å². The van der Waals surface area contributed by atoms with Crippen LogP contribution >= 0.6 is 35.0 Å². The fourth-order valence-corrected chi connectivity index (χ4v) is 4.03. The Labute approximate surface area is 188 Å². The molecule has 30 heavy (non-hydrogen) atoms. The molecular weight excluding hydrogens is 449 g/mol. The van der Waals surface area contributed by atoms with Crippen molar-refractivity contribution in [3.05, 3.63) is 38.7 Å². The van der Waals surface area contributed by atoms with Gasteiger partial charge >= 0.3 is 0 Å². The van der Waals surface area contributed by atoms with Crippen LogP contribution in [0.25, 0.3) is 6.08 Å². The molecule has 10 heteroatoms. The summed E-state index contributed by atoms with van der Waals surface area (Å²) in [6.45, 7) is 0.703. The number of amides is 4. The first kappa shape index (κ1) is 22.7. The molecule has 0 radical (unpaired) electrons. The minimum Gasteiger partial charge on any atom is -0.356 e. The molecule has 0 atom stereocenters. The smallest absolute Gasteiger partial charge is 0.293 e. The van der Waals surface area contributed by atoms with Crippen molar-refractivity contribution in [2.45, 2.75) is 25.7 Å². The van der Waals surface area contributed by atoms with Gasteiger partial charge in [0.15, 0.2) is 0 Å². The molecule has 7 nitrogen and oxygen atoms in total. The summed E-state index contributed by atoms with van der Waals surface area (Å²) in [6.07, 6.45) is 4.23. The summed E-state index contributed by atoms with van der Waals surface area (Å²) in [4.78, 5) is 49.4. The van der Waals surface area contributed by atoms with Crippen LogP contribution in [0.3, 0.4) is 0 Å². The van der Waals surface area contributed by atoms with Gasteiger partial charge in [-0.1, -0.05) is 35.3 Å². The molecule has 1 aromatic carbocycles. The fraction of sp³-hybridized carbons (Fsp3) is 0.400. The van der Waals surface area contributed by atoms with Crippen molar-refractivity contribution in [2.24, 2.45) is 5.92 Å². The van der Waals surface area contributed by atoms with Crippen molar-refractivity contribution < 1.29 is 19.2 Å². The number of rotatable bonds is 9. The lowest BCUT2D eigenvalue weighted by molar-refractivity contribution is -0.124. The topological polar surface area (TPSA) is 95.6 Å². The monoisotopic (exact) mass is 469 g/mol. The van der Waals surface area contributed by atoms with Gasteiger partial charge in [0.2, 0.25) is 11.8 Å². The lowest BCUT2D eigenvalue weighted by Crippen LogP contribution is -2.37. The summed E-state index contributed by atoms with van der Waals surface area (Å²) < 4.78 is 0. The largest absolute Gasteiger partial charge is 0.356 e. The maximum Gasteiger partial charge on any atom is 0.293 e. The molecule has 0 spiro atoms. The number of hydrogen-bond acceptors (Lipinski definition) is 5. The zero-order chi connectivity index (χ0) is 21.7. The van der Waals surface area contributed by atoms with Crippen LogP contribution in [0, 0.1) is 5.92 Å². The number of hydrogen-bond donors (Lipinski definition) is 2. The van der Waals surface area contributed by atoms with E-state index >= 15 is 0 Å². The summed E-state index contributed by atoms with van der Waals surface area (Å²) in [5, 5.41) is 5.76. The number of carbonyl (C=O) groups excluding carboxylic acids is 4. The Balaban J connectivity index is 1.42. The molecule has 1 aromatic rings. The Bertz CT molecular complexity index is 902. The third-order valence-corrected chi connectivity index (χ3v) is 6.37. The van der Waals surface area contributed by atoms with Crippen LogP contribution < -0.4 is 10.6 Å². The molecule has 3 rings (SSSR count). The highest BCUT2D eigenvalue weighted by molar-refractivity contribution is 8.18. The molecule has 0 unspecified atom stereocenters. The molecule has 0 bridgehead atoms. The average Bonchev–Trinajstić information content (AvgIpc) is 3.52. The molecule has 2 aliphatic rings. The zero-order valence-electron chi connectivity index (χ0n) is 16.1. The number of benzene rings is 1. The lowest BCUT2D eigenvalue weighted by Gasteiger charge is -2.13. The first-order valence-electron chi connectivity index (χ1n) is 9.60. The van der Waals surface area contributed by atoms with Crippen LogP contribution in [0.4, 0.5) is 4.79 Å². The van der Waals surface area contributed by atoms with E-state index in [9.17, 15) is 19.2 Å². The first-order valence-corrected chi connectivity index (χ1v) is 11.2. The number of carbonyl (C=O) groups is 4. The Morgan fingerprint density at radius 3 is 2.67 bits per heavy atom. The summed E-state index contributed by atoms with van der Waals surface area (Å²) >= 11 is 12.9. The molecule has 1 heterocycles. The Morgan fingerprint density at radius 1 is 1.17 bits per heavy atom. The van der Waals surface area contributed by atoms with Gasteiger partial charge in [-0.2, -0.15) is 0 Å². The lowest BCUT2D eigenvalue weighted by atomic mass is 10.2. The van der Waals surface area contributed by atoms with Crippen molar-refractivity contribution >= 4 is 64.0 Å². The van der Waals surface area contributed by atoms with E-state index in [-0.39, 0.29) is 42.1 Å². The van der Waals surface area contributed by atoms with Gasteiger partial charge in [-0.3, -0.25) is 24.1 Å². The highest BCUT2D eigenvalue weighted by Crippen LogP contribution is 2.34. The maximum absolute atomic E-state index is 12.5. The molecule has 0 aromatic heterocycles. The van der Waals surface area contributed by atoms with Gasteiger partial charge in [-0.05, 0) is 48.7 Å². The Hall–Kier alpha value is -2.03. The summed E-state index contributed by atoms with van der Waals surface area (Å²) in [5.41, 5.74) is 0.553. The molecule has 160 valence electrons. The van der Waals surface area contributed by atoms with Crippen LogP contribution in [0.5, 0.6) is 0 Å². The number of nitrogens with one attached hydrogen (secondary N) is 2. The highest BCUT2D eigenvalue weighted by atomic mass is 35.5. The maximum atomic E-state index is 12.5. The number of imide groups is 1. The molecule has 1 saturated carbocycles. The van der Waals surface area contributed by atoms with Gasteiger partial charge in [-0.25, -0.2) is 0 Å². The molecule has 4 amide bonds. The van der Waals surface area contributed by atoms with Gasteiger partial charge in [0.1, 0.15) is 0 Å². The molecule has 1 aliphatic carbocycles. The second kappa shape index (κ2) is 10.3. The fourth-order valence-electron chi connectivity index (χ4n) is 2.81. The van der Waals surface area contributed by atoms with E-state index < -0.39 is 11.1 Å². The van der Waals surface area contributed by atoms with E-state index in [4.69, 9.17) is 23.2 Å².